The van der Waals surface area contributed by atoms with E-state index < -0.39 is 0 Å². The molecular weight excluding hydrogens is 124 g/mol. The van der Waals surface area contributed by atoms with Gasteiger partial charge >= 0.3 is 0 Å². The third kappa shape index (κ3) is 1.27. The molecule has 10 heavy (non-hydrogen) atoms. The summed E-state index contributed by atoms with van der Waals surface area (Å²) in [6.07, 6.45) is 3.48. The van der Waals surface area contributed by atoms with Crippen molar-refractivity contribution in [2.45, 2.75) is 12.8 Å². The predicted molar refractivity (Wildman–Crippen MR) is 39.0 cm³/mol. The molecule has 1 rings (SSSR count). The zero-order valence-corrected chi connectivity index (χ0v) is 5.80. The van der Waals surface area contributed by atoms with Crippen molar-refractivity contribution in [3.8, 4) is 6.07 Å². The quantitative estimate of drug-likeness (QED) is 0.584. The van der Waals surface area contributed by atoms with E-state index in [2.05, 4.69) is 11.8 Å². The molecule has 0 fully saturated rings. The van der Waals surface area contributed by atoms with Gasteiger partial charge in [0.1, 0.15) is 0 Å². The van der Waals surface area contributed by atoms with E-state index in [0.29, 0.717) is 13.0 Å². The normalized spacial score (nSPS) is 17.0. The van der Waals surface area contributed by atoms with Gasteiger partial charge in [0.15, 0.2) is 0 Å². The molecule has 0 aromatic heterocycles. The van der Waals surface area contributed by atoms with Crippen molar-refractivity contribution in [2.75, 3.05) is 6.54 Å². The smallest absolute Gasteiger partial charge is 0.0628 e. The Kier molecular flexibility index (Phi) is 2.28. The molecule has 52 valence electrons. The Hall–Kier alpha value is -1.03. The molecule has 2 N–H and O–H groups in total. The highest BCUT2D eigenvalue weighted by atomic mass is 14.5. The average Bonchev–Trinajstić information content (AvgIpc) is 1.83. The van der Waals surface area contributed by atoms with Gasteiger partial charge < -0.3 is 5.73 Å². The van der Waals surface area contributed by atoms with Crippen LogP contribution in [0, 0.1) is 17.2 Å². The summed E-state index contributed by atoms with van der Waals surface area (Å²) in [5.41, 5.74) is 9.70. The second-order valence-electron chi connectivity index (χ2n) is 2.37. The van der Waals surface area contributed by atoms with Crippen molar-refractivity contribution in [3.63, 3.8) is 0 Å². The van der Waals surface area contributed by atoms with Gasteiger partial charge in [-0.3, -0.25) is 0 Å². The fourth-order valence-electron chi connectivity index (χ4n) is 0.963. The van der Waals surface area contributed by atoms with Gasteiger partial charge in [-0.1, -0.05) is 0 Å². The molecule has 0 aromatic carbocycles. The average molecular weight is 134 g/mol. The molecule has 0 aliphatic heterocycles. The van der Waals surface area contributed by atoms with Gasteiger partial charge in [0, 0.05) is 25.3 Å². The van der Waals surface area contributed by atoms with Crippen LogP contribution in [0.15, 0.2) is 17.4 Å². The highest BCUT2D eigenvalue weighted by Crippen LogP contribution is 2.21. The van der Waals surface area contributed by atoms with Crippen LogP contribution in [0.25, 0.3) is 0 Å². The first-order chi connectivity index (χ1) is 4.88. The van der Waals surface area contributed by atoms with Crippen LogP contribution in [0.1, 0.15) is 12.8 Å². The van der Waals surface area contributed by atoms with Gasteiger partial charge in [-0.25, -0.2) is 0 Å². The Labute approximate surface area is 60.6 Å². The van der Waals surface area contributed by atoms with Crippen LogP contribution in [0.4, 0.5) is 0 Å². The Morgan fingerprint density at radius 3 is 2.90 bits per heavy atom. The maximum atomic E-state index is 8.38. The first kappa shape index (κ1) is 7.08. The van der Waals surface area contributed by atoms with Crippen LogP contribution < -0.4 is 5.73 Å². The Morgan fingerprint density at radius 2 is 2.60 bits per heavy atom. The van der Waals surface area contributed by atoms with E-state index in [-0.39, 0.29) is 5.92 Å². The van der Waals surface area contributed by atoms with E-state index in [1.807, 2.05) is 6.08 Å². The zero-order valence-electron chi connectivity index (χ0n) is 5.80. The van der Waals surface area contributed by atoms with Gasteiger partial charge in [-0.2, -0.15) is 5.26 Å². The van der Waals surface area contributed by atoms with Crippen LogP contribution in [-0.4, -0.2) is 6.54 Å². The molecule has 0 aromatic rings. The highest BCUT2D eigenvalue weighted by Gasteiger charge is 2.13. The van der Waals surface area contributed by atoms with Crippen LogP contribution >= 0.6 is 0 Å². The van der Waals surface area contributed by atoms with Crippen molar-refractivity contribution < 1.29 is 0 Å². The number of hydrogen-bond donors (Lipinski definition) is 1. The number of nitrogens with zero attached hydrogens (tertiary/aromatic N) is 1. The zero-order chi connectivity index (χ0) is 7.40. The second kappa shape index (κ2) is 3.22. The summed E-state index contributed by atoms with van der Waals surface area (Å²) in [4.78, 5) is 0. The second-order valence-corrected chi connectivity index (χ2v) is 2.37. The van der Waals surface area contributed by atoms with E-state index in [1.165, 1.54) is 5.57 Å². The van der Waals surface area contributed by atoms with E-state index in [4.69, 9.17) is 11.0 Å². The van der Waals surface area contributed by atoms with E-state index in [0.717, 1.165) is 6.42 Å². The third-order valence-corrected chi connectivity index (χ3v) is 1.72. The SMILES string of the molecule is N#CCC(CN)C1=C=CC1. The Bertz CT molecular complexity index is 216. The van der Waals surface area contributed by atoms with Crippen LogP contribution in [0.3, 0.4) is 0 Å². The number of hydrogen-bond acceptors (Lipinski definition) is 2. The largest absolute Gasteiger partial charge is 0.330 e. The van der Waals surface area contributed by atoms with Crippen molar-refractivity contribution in [1.82, 2.24) is 0 Å². The van der Waals surface area contributed by atoms with E-state index in [1.54, 1.807) is 0 Å². The van der Waals surface area contributed by atoms with Gasteiger partial charge in [0.25, 0.3) is 0 Å². The lowest BCUT2D eigenvalue weighted by atomic mass is 9.90. The molecule has 2 heteroatoms. The van der Waals surface area contributed by atoms with E-state index >= 15 is 0 Å². The monoisotopic (exact) mass is 134 g/mol. The summed E-state index contributed by atoms with van der Waals surface area (Å²) in [5.74, 6) is 0.259. The molecule has 0 heterocycles. The van der Waals surface area contributed by atoms with Crippen LogP contribution in [0.5, 0.6) is 0 Å². The third-order valence-electron chi connectivity index (χ3n) is 1.72. The van der Waals surface area contributed by atoms with E-state index in [9.17, 15) is 0 Å². The summed E-state index contributed by atoms with van der Waals surface area (Å²) in [6, 6.07) is 2.11. The topological polar surface area (TPSA) is 49.8 Å². The Balaban J connectivity index is 2.50. The van der Waals surface area contributed by atoms with Crippen molar-refractivity contribution in [3.05, 3.63) is 17.4 Å². The number of nitriles is 1. The molecule has 0 bridgehead atoms. The first-order valence-electron chi connectivity index (χ1n) is 3.39. The Morgan fingerprint density at radius 1 is 1.90 bits per heavy atom. The standard InChI is InChI=1S/C8H10N2/c9-5-4-8(6-10)7-2-1-3-7/h1,8H,2,4,6,10H2. The minimum atomic E-state index is 0.259. The minimum Gasteiger partial charge on any atom is -0.330 e. The molecule has 1 aliphatic carbocycles. The van der Waals surface area contributed by atoms with Gasteiger partial charge in [-0.15, -0.1) is 5.73 Å². The maximum absolute atomic E-state index is 8.38. The fraction of sp³-hybridized carbons (Fsp3) is 0.500. The molecule has 0 spiro atoms. The number of nitrogens with two attached hydrogens (primary N) is 1. The molecule has 0 radical (unpaired) electrons. The van der Waals surface area contributed by atoms with Crippen molar-refractivity contribution in [2.24, 2.45) is 11.7 Å². The highest BCUT2D eigenvalue weighted by molar-refractivity contribution is 5.20. The summed E-state index contributed by atoms with van der Waals surface area (Å²) in [5, 5.41) is 8.38. The lowest BCUT2D eigenvalue weighted by Crippen LogP contribution is -2.17. The van der Waals surface area contributed by atoms with Gasteiger partial charge in [0.05, 0.1) is 6.07 Å². The summed E-state index contributed by atoms with van der Waals surface area (Å²) in [6.45, 7) is 0.573. The fourth-order valence-corrected chi connectivity index (χ4v) is 0.963. The molecule has 1 atom stereocenters. The lowest BCUT2D eigenvalue weighted by molar-refractivity contribution is 0.621. The molecule has 0 amide bonds. The van der Waals surface area contributed by atoms with Crippen molar-refractivity contribution >= 4 is 0 Å². The molecule has 1 unspecified atom stereocenters. The molecule has 0 saturated carbocycles. The maximum Gasteiger partial charge on any atom is 0.0628 e. The minimum absolute atomic E-state index is 0.259. The number of rotatable bonds is 3. The molecular formula is C8H10N2. The molecule has 2 nitrogen and oxygen atoms in total. The molecule has 0 saturated heterocycles. The lowest BCUT2D eigenvalue weighted by Gasteiger charge is -2.15. The molecule has 1 aliphatic rings. The predicted octanol–water partition coefficient (Wildman–Crippen LogP) is 0.960. The van der Waals surface area contributed by atoms with Crippen LogP contribution in [0.2, 0.25) is 0 Å². The van der Waals surface area contributed by atoms with Crippen molar-refractivity contribution in [1.29, 1.82) is 5.26 Å². The summed E-state index contributed by atoms with van der Waals surface area (Å²) >= 11 is 0. The summed E-state index contributed by atoms with van der Waals surface area (Å²) < 4.78 is 0. The van der Waals surface area contributed by atoms with Gasteiger partial charge in [0.2, 0.25) is 0 Å². The summed E-state index contributed by atoms with van der Waals surface area (Å²) in [7, 11) is 0. The first-order valence-corrected chi connectivity index (χ1v) is 3.39. The van der Waals surface area contributed by atoms with Crippen LogP contribution in [-0.2, 0) is 0 Å². The van der Waals surface area contributed by atoms with Gasteiger partial charge in [-0.05, 0) is 11.6 Å².